The van der Waals surface area contributed by atoms with Crippen LogP contribution in [0.5, 0.6) is 0 Å². The smallest absolute Gasteiger partial charge is 0.260 e. The average Bonchev–Trinajstić information content (AvgIpc) is 3.22. The van der Waals surface area contributed by atoms with Crippen molar-refractivity contribution < 1.29 is 22.0 Å². The van der Waals surface area contributed by atoms with Gasteiger partial charge in [-0.2, -0.15) is 0 Å². The second kappa shape index (κ2) is 8.95. The van der Waals surface area contributed by atoms with Crippen LogP contribution in [0.1, 0.15) is 29.8 Å². The van der Waals surface area contributed by atoms with Gasteiger partial charge >= 0.3 is 0 Å². The van der Waals surface area contributed by atoms with E-state index in [0.717, 1.165) is 23.5 Å². The maximum absolute atomic E-state index is 14.3. The summed E-state index contributed by atoms with van der Waals surface area (Å²) in [5, 5.41) is -0.503. The molecular weight excluding hydrogens is 468 g/mol. The van der Waals surface area contributed by atoms with Crippen molar-refractivity contribution in [2.24, 2.45) is 0 Å². The SMILES string of the molecule is CC(C)S(=O)(=O)c1cccc(C(=O)N(Cc2cccnc2)c2nc3c(F)cc(F)cc3s2)c1. The topological polar surface area (TPSA) is 80.2 Å². The number of fused-ring (bicyclic) bond motifs is 1. The van der Waals surface area contributed by atoms with E-state index >= 15 is 0 Å². The van der Waals surface area contributed by atoms with E-state index in [0.29, 0.717) is 5.56 Å². The number of hydrogen-bond donors (Lipinski definition) is 0. The molecule has 0 atom stereocenters. The third-order valence-electron chi connectivity index (χ3n) is 4.97. The zero-order valence-electron chi connectivity index (χ0n) is 17.7. The van der Waals surface area contributed by atoms with Gasteiger partial charge in [-0.3, -0.25) is 14.7 Å². The van der Waals surface area contributed by atoms with Crippen LogP contribution in [0.15, 0.2) is 65.8 Å². The predicted molar refractivity (Wildman–Crippen MR) is 123 cm³/mol. The molecule has 0 aliphatic heterocycles. The first-order valence-corrected chi connectivity index (χ1v) is 12.3. The van der Waals surface area contributed by atoms with Crippen LogP contribution in [0.3, 0.4) is 0 Å². The lowest BCUT2D eigenvalue weighted by Gasteiger charge is -2.20. The van der Waals surface area contributed by atoms with E-state index in [2.05, 4.69) is 9.97 Å². The van der Waals surface area contributed by atoms with Gasteiger partial charge < -0.3 is 0 Å². The fourth-order valence-corrected chi connectivity index (χ4v) is 5.30. The van der Waals surface area contributed by atoms with Crippen molar-refractivity contribution in [2.75, 3.05) is 4.90 Å². The van der Waals surface area contributed by atoms with E-state index in [1.54, 1.807) is 38.4 Å². The molecule has 1 amide bonds. The normalized spacial score (nSPS) is 11.8. The standard InChI is InChI=1S/C23H19F2N3O3S2/c1-14(2)33(30,31)18-7-3-6-16(9-18)22(29)28(13-15-5-4-8-26-12-15)23-27-21-19(25)10-17(24)11-20(21)32-23/h3-12,14H,13H2,1-2H3. The molecule has 33 heavy (non-hydrogen) atoms. The summed E-state index contributed by atoms with van der Waals surface area (Å²) in [7, 11) is -3.60. The van der Waals surface area contributed by atoms with Crippen LogP contribution in [0.4, 0.5) is 13.9 Å². The molecule has 10 heteroatoms. The molecule has 0 saturated heterocycles. The van der Waals surface area contributed by atoms with E-state index in [1.807, 2.05) is 0 Å². The first kappa shape index (κ1) is 22.9. The summed E-state index contributed by atoms with van der Waals surface area (Å²) in [4.78, 5) is 23.2. The highest BCUT2D eigenvalue weighted by molar-refractivity contribution is 7.92. The van der Waals surface area contributed by atoms with Crippen molar-refractivity contribution in [3.63, 3.8) is 0 Å². The van der Waals surface area contributed by atoms with E-state index < -0.39 is 32.6 Å². The molecule has 0 spiro atoms. The van der Waals surface area contributed by atoms with Crippen molar-refractivity contribution in [3.05, 3.63) is 83.7 Å². The number of pyridine rings is 1. The average molecular weight is 488 g/mol. The summed E-state index contributed by atoms with van der Waals surface area (Å²) in [6.07, 6.45) is 3.17. The second-order valence-electron chi connectivity index (χ2n) is 7.60. The number of benzene rings is 2. The summed E-state index contributed by atoms with van der Waals surface area (Å²) in [6, 6.07) is 11.1. The van der Waals surface area contributed by atoms with Crippen molar-refractivity contribution in [3.8, 4) is 0 Å². The van der Waals surface area contributed by atoms with Crippen molar-refractivity contribution >= 4 is 42.4 Å². The highest BCUT2D eigenvalue weighted by Crippen LogP contribution is 2.33. The number of sulfone groups is 1. The molecule has 4 aromatic rings. The van der Waals surface area contributed by atoms with Crippen LogP contribution < -0.4 is 4.90 Å². The number of thiazole rings is 1. The highest BCUT2D eigenvalue weighted by atomic mass is 32.2. The second-order valence-corrected chi connectivity index (χ2v) is 11.1. The van der Waals surface area contributed by atoms with Gasteiger partial charge in [-0.1, -0.05) is 23.5 Å². The van der Waals surface area contributed by atoms with Crippen molar-refractivity contribution in [2.45, 2.75) is 30.5 Å². The summed E-state index contributed by atoms with van der Waals surface area (Å²) < 4.78 is 53.4. The van der Waals surface area contributed by atoms with Gasteiger partial charge in [0.05, 0.1) is 21.4 Å². The monoisotopic (exact) mass is 487 g/mol. The number of amides is 1. The van der Waals surface area contributed by atoms with Gasteiger partial charge in [0.15, 0.2) is 20.8 Å². The van der Waals surface area contributed by atoms with Crippen LogP contribution in [0.2, 0.25) is 0 Å². The Balaban J connectivity index is 1.81. The van der Waals surface area contributed by atoms with Gasteiger partial charge in [0.2, 0.25) is 0 Å². The van der Waals surface area contributed by atoms with Crippen molar-refractivity contribution in [1.29, 1.82) is 0 Å². The van der Waals surface area contributed by atoms with E-state index in [1.165, 1.54) is 29.2 Å². The number of anilines is 1. The van der Waals surface area contributed by atoms with Crippen molar-refractivity contribution in [1.82, 2.24) is 9.97 Å². The minimum absolute atomic E-state index is 0.0297. The molecule has 6 nitrogen and oxygen atoms in total. The molecule has 170 valence electrons. The van der Waals surface area contributed by atoms with Gasteiger partial charge in [0.1, 0.15) is 11.3 Å². The molecule has 0 fully saturated rings. The lowest BCUT2D eigenvalue weighted by molar-refractivity contribution is 0.0985. The Labute approximate surface area is 193 Å². The zero-order chi connectivity index (χ0) is 23.8. The number of nitrogens with zero attached hydrogens (tertiary/aromatic N) is 3. The largest absolute Gasteiger partial charge is 0.279 e. The van der Waals surface area contributed by atoms with Crippen LogP contribution >= 0.6 is 11.3 Å². The third kappa shape index (κ3) is 4.62. The fourth-order valence-electron chi connectivity index (χ4n) is 3.20. The van der Waals surface area contributed by atoms with Crippen LogP contribution in [0, 0.1) is 11.6 Å². The molecule has 4 rings (SSSR count). The first-order valence-electron chi connectivity index (χ1n) is 9.97. The third-order valence-corrected chi connectivity index (χ3v) is 8.15. The minimum Gasteiger partial charge on any atom is -0.279 e. The highest BCUT2D eigenvalue weighted by Gasteiger charge is 2.25. The van der Waals surface area contributed by atoms with Gasteiger partial charge in [0, 0.05) is 24.0 Å². The number of aromatic nitrogens is 2. The summed E-state index contributed by atoms with van der Waals surface area (Å²) in [5.41, 5.74) is 0.769. The summed E-state index contributed by atoms with van der Waals surface area (Å²) in [5.74, 6) is -2.10. The molecule has 0 aliphatic rings. The summed E-state index contributed by atoms with van der Waals surface area (Å²) >= 11 is 0.966. The number of carbonyl (C=O) groups excluding carboxylic acids is 1. The fraction of sp³-hybridized carbons (Fsp3) is 0.174. The first-order chi connectivity index (χ1) is 15.7. The number of rotatable bonds is 6. The van der Waals surface area contributed by atoms with E-state index in [-0.39, 0.29) is 32.4 Å². The van der Waals surface area contributed by atoms with Gasteiger partial charge in [-0.25, -0.2) is 22.2 Å². The van der Waals surface area contributed by atoms with Crippen LogP contribution in [-0.4, -0.2) is 29.5 Å². The Bertz CT molecular complexity index is 1440. The quantitative estimate of drug-likeness (QED) is 0.382. The van der Waals surface area contributed by atoms with Crippen LogP contribution in [-0.2, 0) is 16.4 Å². The lowest BCUT2D eigenvalue weighted by Crippen LogP contribution is -2.30. The molecule has 2 aromatic heterocycles. The molecule has 0 bridgehead atoms. The lowest BCUT2D eigenvalue weighted by atomic mass is 10.2. The maximum atomic E-state index is 14.3. The van der Waals surface area contributed by atoms with Gasteiger partial charge in [-0.15, -0.1) is 0 Å². The number of hydrogen-bond acceptors (Lipinski definition) is 6. The number of halogens is 2. The van der Waals surface area contributed by atoms with Gasteiger partial charge in [0.25, 0.3) is 5.91 Å². The number of carbonyl (C=O) groups is 1. The Morgan fingerprint density at radius 3 is 2.61 bits per heavy atom. The Kier molecular flexibility index (Phi) is 6.22. The molecule has 0 radical (unpaired) electrons. The molecule has 0 N–H and O–H groups in total. The Hall–Kier alpha value is -3.24. The molecule has 2 aromatic carbocycles. The van der Waals surface area contributed by atoms with E-state index in [9.17, 15) is 22.0 Å². The molecular formula is C23H19F2N3O3S2. The maximum Gasteiger partial charge on any atom is 0.260 e. The van der Waals surface area contributed by atoms with Crippen LogP contribution in [0.25, 0.3) is 10.2 Å². The summed E-state index contributed by atoms with van der Waals surface area (Å²) in [6.45, 7) is 3.18. The molecule has 2 heterocycles. The minimum atomic E-state index is -3.60. The van der Waals surface area contributed by atoms with Gasteiger partial charge in [-0.05, 0) is 49.7 Å². The molecule has 0 unspecified atom stereocenters. The Morgan fingerprint density at radius 1 is 1.12 bits per heavy atom. The zero-order valence-corrected chi connectivity index (χ0v) is 19.3. The van der Waals surface area contributed by atoms with E-state index in [4.69, 9.17) is 0 Å². The molecule has 0 saturated carbocycles. The Morgan fingerprint density at radius 2 is 1.91 bits per heavy atom. The predicted octanol–water partition coefficient (Wildman–Crippen LogP) is 5.00. The molecule has 0 aliphatic carbocycles.